The summed E-state index contributed by atoms with van der Waals surface area (Å²) >= 11 is 0. The molecular formula is C19H23N3O3. The Morgan fingerprint density at radius 2 is 1.72 bits per heavy atom. The van der Waals surface area contributed by atoms with E-state index in [9.17, 15) is 10.1 Å². The van der Waals surface area contributed by atoms with Gasteiger partial charge in [-0.25, -0.2) is 0 Å². The average Bonchev–Trinajstić information content (AvgIpc) is 2.64. The van der Waals surface area contributed by atoms with Crippen LogP contribution in [0, 0.1) is 10.1 Å². The summed E-state index contributed by atoms with van der Waals surface area (Å²) in [5, 5.41) is 11.2. The maximum Gasteiger partial charge on any atom is 0.292 e. The lowest BCUT2D eigenvalue weighted by molar-refractivity contribution is -0.384. The molecule has 0 radical (unpaired) electrons. The van der Waals surface area contributed by atoms with Gasteiger partial charge < -0.3 is 9.64 Å². The molecule has 0 N–H and O–H groups in total. The monoisotopic (exact) mass is 341 g/mol. The number of para-hydroxylation sites is 2. The summed E-state index contributed by atoms with van der Waals surface area (Å²) in [6.07, 6.45) is 0. The SMILES string of the molecule is CCOc1ccc(CN2CCN(c3ccccc3[N+](=O)[O-])CC2)cc1. The van der Waals surface area contributed by atoms with Gasteiger partial charge in [0.1, 0.15) is 11.4 Å². The van der Waals surface area contributed by atoms with Gasteiger partial charge in [-0.3, -0.25) is 15.0 Å². The number of ether oxygens (including phenoxy) is 1. The molecule has 0 atom stereocenters. The Kier molecular flexibility index (Phi) is 5.50. The normalized spacial score (nSPS) is 15.2. The smallest absolute Gasteiger partial charge is 0.292 e. The van der Waals surface area contributed by atoms with E-state index in [1.807, 2.05) is 31.2 Å². The zero-order valence-electron chi connectivity index (χ0n) is 14.4. The number of nitrogens with zero attached hydrogens (tertiary/aromatic N) is 3. The average molecular weight is 341 g/mol. The minimum Gasteiger partial charge on any atom is -0.494 e. The van der Waals surface area contributed by atoms with E-state index in [2.05, 4.69) is 21.9 Å². The molecule has 0 bridgehead atoms. The number of nitro benzene ring substituents is 1. The van der Waals surface area contributed by atoms with E-state index in [1.165, 1.54) is 5.56 Å². The number of piperazine rings is 1. The molecule has 0 aliphatic carbocycles. The fraction of sp³-hybridized carbons (Fsp3) is 0.368. The highest BCUT2D eigenvalue weighted by Crippen LogP contribution is 2.28. The molecule has 0 saturated carbocycles. The molecule has 25 heavy (non-hydrogen) atoms. The summed E-state index contributed by atoms with van der Waals surface area (Å²) in [5.41, 5.74) is 2.15. The quantitative estimate of drug-likeness (QED) is 0.596. The van der Waals surface area contributed by atoms with Gasteiger partial charge in [0.2, 0.25) is 0 Å². The van der Waals surface area contributed by atoms with Crippen molar-refractivity contribution in [3.05, 3.63) is 64.2 Å². The summed E-state index contributed by atoms with van der Waals surface area (Å²) in [6.45, 7) is 6.90. The lowest BCUT2D eigenvalue weighted by Gasteiger charge is -2.35. The summed E-state index contributed by atoms with van der Waals surface area (Å²) in [6, 6.07) is 15.2. The van der Waals surface area contributed by atoms with Crippen LogP contribution in [0.15, 0.2) is 48.5 Å². The number of benzene rings is 2. The van der Waals surface area contributed by atoms with E-state index < -0.39 is 0 Å². The van der Waals surface area contributed by atoms with Crippen molar-refractivity contribution < 1.29 is 9.66 Å². The Morgan fingerprint density at radius 1 is 1.04 bits per heavy atom. The predicted octanol–water partition coefficient (Wildman–Crippen LogP) is 3.32. The second-order valence-corrected chi connectivity index (χ2v) is 6.09. The Balaban J connectivity index is 1.58. The van der Waals surface area contributed by atoms with Crippen molar-refractivity contribution in [1.29, 1.82) is 0 Å². The zero-order chi connectivity index (χ0) is 17.6. The second kappa shape index (κ2) is 7.98. The lowest BCUT2D eigenvalue weighted by Crippen LogP contribution is -2.46. The van der Waals surface area contributed by atoms with Crippen molar-refractivity contribution in [2.75, 3.05) is 37.7 Å². The van der Waals surface area contributed by atoms with Crippen LogP contribution >= 0.6 is 0 Å². The van der Waals surface area contributed by atoms with Crippen LogP contribution in [0.4, 0.5) is 11.4 Å². The maximum atomic E-state index is 11.2. The third-order valence-electron chi connectivity index (χ3n) is 4.43. The van der Waals surface area contributed by atoms with Gasteiger partial charge in [0.15, 0.2) is 0 Å². The molecule has 0 unspecified atom stereocenters. The highest BCUT2D eigenvalue weighted by Gasteiger charge is 2.23. The molecule has 1 aliphatic rings. The first-order valence-electron chi connectivity index (χ1n) is 8.60. The lowest BCUT2D eigenvalue weighted by atomic mass is 10.1. The van der Waals surface area contributed by atoms with Gasteiger partial charge in [0.05, 0.1) is 11.5 Å². The molecule has 0 aromatic heterocycles. The number of hydrogen-bond acceptors (Lipinski definition) is 5. The first-order chi connectivity index (χ1) is 12.2. The van der Waals surface area contributed by atoms with Crippen LogP contribution in [-0.2, 0) is 6.54 Å². The summed E-state index contributed by atoms with van der Waals surface area (Å²) < 4.78 is 5.47. The van der Waals surface area contributed by atoms with Gasteiger partial charge in [-0.05, 0) is 30.7 Å². The highest BCUT2D eigenvalue weighted by molar-refractivity contribution is 5.63. The molecule has 1 saturated heterocycles. The molecular weight excluding hydrogens is 318 g/mol. The maximum absolute atomic E-state index is 11.2. The van der Waals surface area contributed by atoms with Crippen LogP contribution in [0.25, 0.3) is 0 Å². The molecule has 6 heteroatoms. The summed E-state index contributed by atoms with van der Waals surface area (Å²) in [5.74, 6) is 0.896. The fourth-order valence-corrected chi connectivity index (χ4v) is 3.15. The molecule has 132 valence electrons. The van der Waals surface area contributed by atoms with E-state index in [0.29, 0.717) is 12.3 Å². The molecule has 6 nitrogen and oxygen atoms in total. The van der Waals surface area contributed by atoms with Crippen molar-refractivity contribution in [3.8, 4) is 5.75 Å². The molecule has 0 spiro atoms. The third kappa shape index (κ3) is 4.28. The van der Waals surface area contributed by atoms with Gasteiger partial charge in [-0.15, -0.1) is 0 Å². The third-order valence-corrected chi connectivity index (χ3v) is 4.43. The first kappa shape index (κ1) is 17.2. The Hall–Kier alpha value is -2.60. The van der Waals surface area contributed by atoms with E-state index >= 15 is 0 Å². The van der Waals surface area contributed by atoms with Crippen molar-refractivity contribution >= 4 is 11.4 Å². The van der Waals surface area contributed by atoms with Crippen LogP contribution in [0.3, 0.4) is 0 Å². The van der Waals surface area contributed by atoms with Crippen molar-refractivity contribution in [3.63, 3.8) is 0 Å². The van der Waals surface area contributed by atoms with Crippen LogP contribution in [0.1, 0.15) is 12.5 Å². The highest BCUT2D eigenvalue weighted by atomic mass is 16.6. The zero-order valence-corrected chi connectivity index (χ0v) is 14.4. The van der Waals surface area contributed by atoms with Crippen LogP contribution in [-0.4, -0.2) is 42.6 Å². The molecule has 1 heterocycles. The second-order valence-electron chi connectivity index (χ2n) is 6.09. The Labute approximate surface area is 147 Å². The number of anilines is 1. The van der Waals surface area contributed by atoms with Gasteiger partial charge in [0.25, 0.3) is 5.69 Å². The van der Waals surface area contributed by atoms with Crippen molar-refractivity contribution in [2.45, 2.75) is 13.5 Å². The molecule has 3 rings (SSSR count). The van der Waals surface area contributed by atoms with Gasteiger partial charge >= 0.3 is 0 Å². The number of nitro groups is 1. The molecule has 1 fully saturated rings. The predicted molar refractivity (Wildman–Crippen MR) is 98.2 cm³/mol. The molecule has 0 amide bonds. The molecule has 1 aliphatic heterocycles. The Morgan fingerprint density at radius 3 is 2.36 bits per heavy atom. The Bertz CT molecular complexity index is 710. The van der Waals surface area contributed by atoms with Gasteiger partial charge in [0, 0.05) is 38.8 Å². The van der Waals surface area contributed by atoms with Crippen molar-refractivity contribution in [2.24, 2.45) is 0 Å². The van der Waals surface area contributed by atoms with E-state index in [0.717, 1.165) is 38.5 Å². The number of rotatable bonds is 6. The van der Waals surface area contributed by atoms with Gasteiger partial charge in [-0.2, -0.15) is 0 Å². The van der Waals surface area contributed by atoms with Crippen molar-refractivity contribution in [1.82, 2.24) is 4.90 Å². The summed E-state index contributed by atoms with van der Waals surface area (Å²) in [4.78, 5) is 15.4. The van der Waals surface area contributed by atoms with Crippen LogP contribution in [0.2, 0.25) is 0 Å². The topological polar surface area (TPSA) is 58.8 Å². The largest absolute Gasteiger partial charge is 0.494 e. The van der Waals surface area contributed by atoms with E-state index in [-0.39, 0.29) is 10.6 Å². The van der Waals surface area contributed by atoms with Crippen LogP contribution in [0.5, 0.6) is 5.75 Å². The summed E-state index contributed by atoms with van der Waals surface area (Å²) in [7, 11) is 0. The standard InChI is InChI=1S/C19H23N3O3/c1-2-25-17-9-7-16(8-10-17)15-20-11-13-21(14-12-20)18-5-3-4-6-19(18)22(23)24/h3-10H,2,11-15H2,1H3. The minimum absolute atomic E-state index is 0.183. The van der Waals surface area contributed by atoms with E-state index in [1.54, 1.807) is 12.1 Å². The first-order valence-corrected chi connectivity index (χ1v) is 8.60. The number of hydrogen-bond donors (Lipinski definition) is 0. The molecule has 2 aromatic carbocycles. The minimum atomic E-state index is -0.304. The fourth-order valence-electron chi connectivity index (χ4n) is 3.15. The molecule has 2 aromatic rings. The van der Waals surface area contributed by atoms with Gasteiger partial charge in [-0.1, -0.05) is 24.3 Å². The van der Waals surface area contributed by atoms with Crippen LogP contribution < -0.4 is 9.64 Å². The van der Waals surface area contributed by atoms with E-state index in [4.69, 9.17) is 4.74 Å².